The highest BCUT2D eigenvalue weighted by molar-refractivity contribution is 7.80. The Morgan fingerprint density at radius 2 is 1.80 bits per heavy atom. The summed E-state index contributed by atoms with van der Waals surface area (Å²) in [5, 5.41) is 4.55. The molecule has 1 N–H and O–H groups in total. The maximum absolute atomic E-state index is 5.86. The molecule has 0 bridgehead atoms. The molecular formula is C20H31N3OS. The molecule has 3 rings (SSSR count). The van der Waals surface area contributed by atoms with Crippen LogP contribution in [0.1, 0.15) is 63.4 Å². The average Bonchev–Trinajstić information content (AvgIpc) is 3.10. The summed E-state index contributed by atoms with van der Waals surface area (Å²) in [4.78, 5) is 6.41. The van der Waals surface area contributed by atoms with Crippen molar-refractivity contribution >= 4 is 17.3 Å². The van der Waals surface area contributed by atoms with Gasteiger partial charge in [0, 0.05) is 38.1 Å². The first-order valence-corrected chi connectivity index (χ1v) is 10.3. The molecule has 1 unspecified atom stereocenters. The molecule has 2 aliphatic rings. The molecular weight excluding hydrogens is 330 g/mol. The number of rotatable bonds is 5. The van der Waals surface area contributed by atoms with Crippen molar-refractivity contribution in [2.24, 2.45) is 0 Å². The molecule has 1 aliphatic carbocycles. The van der Waals surface area contributed by atoms with Crippen molar-refractivity contribution in [2.45, 2.75) is 76.5 Å². The van der Waals surface area contributed by atoms with Gasteiger partial charge in [-0.15, -0.1) is 0 Å². The van der Waals surface area contributed by atoms with E-state index in [1.54, 1.807) is 0 Å². The van der Waals surface area contributed by atoms with Crippen LogP contribution in [0.15, 0.2) is 24.5 Å². The van der Waals surface area contributed by atoms with E-state index in [0.717, 1.165) is 37.7 Å². The maximum Gasteiger partial charge on any atom is 0.169 e. The highest BCUT2D eigenvalue weighted by Gasteiger charge is 2.22. The second kappa shape index (κ2) is 10.1. The normalized spacial score (nSPS) is 22.2. The van der Waals surface area contributed by atoms with Gasteiger partial charge in [0.15, 0.2) is 5.11 Å². The lowest BCUT2D eigenvalue weighted by atomic mass is 9.97. The van der Waals surface area contributed by atoms with Crippen LogP contribution in [0, 0.1) is 0 Å². The first kappa shape index (κ1) is 18.6. The molecule has 1 aliphatic heterocycles. The Bertz CT molecular complexity index is 511. The quantitative estimate of drug-likeness (QED) is 0.801. The van der Waals surface area contributed by atoms with Gasteiger partial charge in [0.1, 0.15) is 0 Å². The molecule has 0 spiro atoms. The number of hydrogen-bond acceptors (Lipinski definition) is 3. The zero-order valence-electron chi connectivity index (χ0n) is 15.2. The van der Waals surface area contributed by atoms with Crippen molar-refractivity contribution in [3.63, 3.8) is 0 Å². The Morgan fingerprint density at radius 3 is 2.48 bits per heavy atom. The highest BCUT2D eigenvalue weighted by atomic mass is 32.1. The third-order valence-electron chi connectivity index (χ3n) is 5.29. The Labute approximate surface area is 157 Å². The molecule has 1 saturated heterocycles. The van der Waals surface area contributed by atoms with E-state index in [1.807, 2.05) is 12.4 Å². The van der Waals surface area contributed by atoms with E-state index in [2.05, 4.69) is 27.3 Å². The number of ether oxygens (including phenoxy) is 1. The van der Waals surface area contributed by atoms with Gasteiger partial charge in [-0.1, -0.05) is 32.1 Å². The zero-order chi connectivity index (χ0) is 17.3. The largest absolute Gasteiger partial charge is 0.376 e. The molecule has 1 atom stereocenters. The second-order valence-electron chi connectivity index (χ2n) is 7.36. The van der Waals surface area contributed by atoms with Gasteiger partial charge in [0.25, 0.3) is 0 Å². The van der Waals surface area contributed by atoms with Crippen molar-refractivity contribution < 1.29 is 4.74 Å². The third kappa shape index (κ3) is 6.23. The molecule has 138 valence electrons. The molecule has 25 heavy (non-hydrogen) atoms. The highest BCUT2D eigenvalue weighted by Crippen LogP contribution is 2.19. The van der Waals surface area contributed by atoms with Crippen LogP contribution >= 0.6 is 12.2 Å². The fraction of sp³-hybridized carbons (Fsp3) is 0.700. The van der Waals surface area contributed by atoms with E-state index in [4.69, 9.17) is 17.0 Å². The number of aromatic nitrogens is 1. The van der Waals surface area contributed by atoms with Crippen molar-refractivity contribution in [3.8, 4) is 0 Å². The van der Waals surface area contributed by atoms with E-state index in [1.165, 1.54) is 50.5 Å². The van der Waals surface area contributed by atoms with Gasteiger partial charge in [-0.05, 0) is 55.6 Å². The Balaban J connectivity index is 1.60. The topological polar surface area (TPSA) is 37.4 Å². The van der Waals surface area contributed by atoms with Crippen LogP contribution in [0.5, 0.6) is 0 Å². The van der Waals surface area contributed by atoms with Crippen molar-refractivity contribution in [2.75, 3.05) is 13.2 Å². The minimum Gasteiger partial charge on any atom is -0.376 e. The summed E-state index contributed by atoms with van der Waals surface area (Å²) in [5.41, 5.74) is 1.25. The summed E-state index contributed by atoms with van der Waals surface area (Å²) in [6.07, 6.45) is 15.5. The van der Waals surface area contributed by atoms with E-state index >= 15 is 0 Å². The van der Waals surface area contributed by atoms with Crippen LogP contribution in [-0.2, 0) is 11.3 Å². The summed E-state index contributed by atoms with van der Waals surface area (Å²) in [6.45, 7) is 2.58. The maximum atomic E-state index is 5.86. The van der Waals surface area contributed by atoms with Crippen LogP contribution in [-0.4, -0.2) is 40.3 Å². The number of pyridine rings is 1. The van der Waals surface area contributed by atoms with Gasteiger partial charge >= 0.3 is 0 Å². The molecule has 1 aromatic heterocycles. The lowest BCUT2D eigenvalue weighted by molar-refractivity contribution is 0.0895. The molecule has 1 saturated carbocycles. The summed E-state index contributed by atoms with van der Waals surface area (Å²) >= 11 is 5.81. The van der Waals surface area contributed by atoms with Gasteiger partial charge in [-0.3, -0.25) is 4.98 Å². The zero-order valence-corrected chi connectivity index (χ0v) is 16.0. The number of thiocarbonyl (C=S) groups is 1. The van der Waals surface area contributed by atoms with E-state index < -0.39 is 0 Å². The first-order chi connectivity index (χ1) is 12.3. The fourth-order valence-corrected chi connectivity index (χ4v) is 4.13. The number of hydrogen-bond donors (Lipinski definition) is 1. The Kier molecular flexibility index (Phi) is 7.49. The summed E-state index contributed by atoms with van der Waals surface area (Å²) in [7, 11) is 0. The molecule has 4 nitrogen and oxygen atoms in total. The lowest BCUT2D eigenvalue weighted by Crippen LogP contribution is -2.47. The van der Waals surface area contributed by atoms with Crippen LogP contribution in [0.3, 0.4) is 0 Å². The molecule has 2 heterocycles. The van der Waals surface area contributed by atoms with E-state index in [-0.39, 0.29) is 0 Å². The van der Waals surface area contributed by atoms with Crippen molar-refractivity contribution in [3.05, 3.63) is 30.1 Å². The molecule has 1 aromatic rings. The SMILES string of the molecule is S=C(NC1CCCCCCC1)N(Cc1ccncc1)CC1CCCO1. The Hall–Kier alpha value is -1.20. The molecule has 0 radical (unpaired) electrons. The van der Waals surface area contributed by atoms with Crippen LogP contribution < -0.4 is 5.32 Å². The van der Waals surface area contributed by atoms with Gasteiger partial charge < -0.3 is 15.0 Å². The molecule has 2 fully saturated rings. The second-order valence-corrected chi connectivity index (χ2v) is 7.75. The monoisotopic (exact) mass is 361 g/mol. The van der Waals surface area contributed by atoms with E-state index in [0.29, 0.717) is 12.1 Å². The van der Waals surface area contributed by atoms with E-state index in [9.17, 15) is 0 Å². The van der Waals surface area contributed by atoms with Crippen molar-refractivity contribution in [1.29, 1.82) is 0 Å². The van der Waals surface area contributed by atoms with Gasteiger partial charge in [0.2, 0.25) is 0 Å². The molecule has 0 amide bonds. The van der Waals surface area contributed by atoms with Crippen LogP contribution in [0.25, 0.3) is 0 Å². The smallest absolute Gasteiger partial charge is 0.169 e. The Morgan fingerprint density at radius 1 is 1.08 bits per heavy atom. The molecule has 5 heteroatoms. The minimum atomic E-state index is 0.305. The molecule has 0 aromatic carbocycles. The lowest BCUT2D eigenvalue weighted by Gasteiger charge is -2.31. The number of nitrogens with one attached hydrogen (secondary N) is 1. The average molecular weight is 362 g/mol. The first-order valence-electron chi connectivity index (χ1n) is 9.87. The summed E-state index contributed by atoms with van der Waals surface area (Å²) in [6, 6.07) is 4.67. The van der Waals surface area contributed by atoms with Crippen LogP contribution in [0.4, 0.5) is 0 Å². The predicted molar refractivity (Wildman–Crippen MR) is 105 cm³/mol. The fourth-order valence-electron chi connectivity index (χ4n) is 3.83. The predicted octanol–water partition coefficient (Wildman–Crippen LogP) is 4.05. The van der Waals surface area contributed by atoms with Crippen molar-refractivity contribution in [1.82, 2.24) is 15.2 Å². The third-order valence-corrected chi connectivity index (χ3v) is 5.67. The summed E-state index contributed by atoms with van der Waals surface area (Å²) < 4.78 is 5.86. The van der Waals surface area contributed by atoms with Gasteiger partial charge in [-0.25, -0.2) is 0 Å². The van der Waals surface area contributed by atoms with Crippen LogP contribution in [0.2, 0.25) is 0 Å². The van der Waals surface area contributed by atoms with Gasteiger partial charge in [-0.2, -0.15) is 0 Å². The standard InChI is InChI=1S/C20H31N3OS/c25-20(22-18-7-4-2-1-3-5-8-18)23(16-19-9-6-14-24-19)15-17-10-12-21-13-11-17/h10-13,18-19H,1-9,14-16H2,(H,22,25). The minimum absolute atomic E-state index is 0.305. The summed E-state index contributed by atoms with van der Waals surface area (Å²) in [5.74, 6) is 0. The number of nitrogens with zero attached hydrogens (tertiary/aromatic N) is 2. The van der Waals surface area contributed by atoms with Gasteiger partial charge in [0.05, 0.1) is 6.10 Å².